The molecule has 0 spiro atoms. The van der Waals surface area contributed by atoms with Crippen LogP contribution in [-0.4, -0.2) is 24.6 Å². The molecule has 0 radical (unpaired) electrons. The molecule has 0 unspecified atom stereocenters. The molecule has 1 N–H and O–H groups in total. The Labute approximate surface area is 141 Å². The van der Waals surface area contributed by atoms with Crippen LogP contribution in [0.2, 0.25) is 0 Å². The summed E-state index contributed by atoms with van der Waals surface area (Å²) in [6.45, 7) is 2.69. The first-order chi connectivity index (χ1) is 11.6. The van der Waals surface area contributed by atoms with E-state index < -0.39 is 0 Å². The van der Waals surface area contributed by atoms with Crippen LogP contribution in [0.3, 0.4) is 0 Å². The molecule has 4 heteroatoms. The van der Waals surface area contributed by atoms with Gasteiger partial charge in [0.15, 0.2) is 17.3 Å². The lowest BCUT2D eigenvalue weighted by atomic mass is 10.1. The standard InChI is InChI=1S/C20H20O4/c1-3-9-24-18-6-4-5-15-16(18)12-14(20(15)22)10-13-7-8-17(21)19(11-13)23-2/h4-8,10-11,21H,3,9,12H2,1-2H3. The van der Waals surface area contributed by atoms with E-state index in [2.05, 4.69) is 6.92 Å². The minimum absolute atomic E-state index is 0.0268. The zero-order valence-corrected chi connectivity index (χ0v) is 13.8. The second kappa shape index (κ2) is 6.79. The number of carbonyl (C=O) groups excluding carboxylic acids is 1. The van der Waals surface area contributed by atoms with Crippen LogP contribution < -0.4 is 9.47 Å². The Morgan fingerprint density at radius 2 is 2.04 bits per heavy atom. The third kappa shape index (κ3) is 3.00. The number of ketones is 1. The number of ether oxygens (including phenoxy) is 2. The van der Waals surface area contributed by atoms with Gasteiger partial charge in [-0.2, -0.15) is 0 Å². The molecule has 0 amide bonds. The Bertz CT molecular complexity index is 805. The molecule has 0 fully saturated rings. The fraction of sp³-hybridized carbons (Fsp3) is 0.250. The molecule has 0 heterocycles. The smallest absolute Gasteiger partial charge is 0.189 e. The van der Waals surface area contributed by atoms with Gasteiger partial charge in [0.1, 0.15) is 5.75 Å². The number of phenolic OH excluding ortho intramolecular Hbond substituents is 1. The SMILES string of the molecule is CCCOc1cccc2c1CC(=Cc1ccc(O)c(OC)c1)C2=O. The van der Waals surface area contributed by atoms with Crippen LogP contribution in [0.4, 0.5) is 0 Å². The summed E-state index contributed by atoms with van der Waals surface area (Å²) in [6.07, 6.45) is 3.32. The van der Waals surface area contributed by atoms with Gasteiger partial charge < -0.3 is 14.6 Å². The van der Waals surface area contributed by atoms with Gasteiger partial charge in [-0.05, 0) is 36.3 Å². The van der Waals surface area contributed by atoms with Crippen LogP contribution in [0.15, 0.2) is 42.0 Å². The summed E-state index contributed by atoms with van der Waals surface area (Å²) in [5, 5.41) is 9.68. The van der Waals surface area contributed by atoms with Crippen molar-refractivity contribution < 1.29 is 19.4 Å². The van der Waals surface area contributed by atoms with Crippen LogP contribution in [0.25, 0.3) is 6.08 Å². The molecular formula is C20H20O4. The number of fused-ring (bicyclic) bond motifs is 1. The van der Waals surface area contributed by atoms with E-state index in [1.54, 1.807) is 18.2 Å². The minimum Gasteiger partial charge on any atom is -0.504 e. The van der Waals surface area contributed by atoms with Crippen molar-refractivity contribution in [3.05, 3.63) is 58.7 Å². The van der Waals surface area contributed by atoms with Crippen molar-refractivity contribution in [1.82, 2.24) is 0 Å². The lowest BCUT2D eigenvalue weighted by Crippen LogP contribution is -1.99. The lowest BCUT2D eigenvalue weighted by molar-refractivity contribution is 0.104. The first kappa shape index (κ1) is 16.1. The van der Waals surface area contributed by atoms with Crippen LogP contribution in [0.5, 0.6) is 17.2 Å². The van der Waals surface area contributed by atoms with Crippen molar-refractivity contribution in [2.75, 3.05) is 13.7 Å². The topological polar surface area (TPSA) is 55.8 Å². The van der Waals surface area contributed by atoms with Crippen LogP contribution >= 0.6 is 0 Å². The van der Waals surface area contributed by atoms with Crippen LogP contribution in [0, 0.1) is 0 Å². The Kier molecular flexibility index (Phi) is 4.56. The molecule has 0 saturated heterocycles. The Morgan fingerprint density at radius 3 is 2.79 bits per heavy atom. The van der Waals surface area contributed by atoms with E-state index in [0.717, 1.165) is 23.3 Å². The van der Waals surface area contributed by atoms with Crippen molar-refractivity contribution in [3.63, 3.8) is 0 Å². The van der Waals surface area contributed by atoms with Gasteiger partial charge in [-0.3, -0.25) is 4.79 Å². The normalized spacial score (nSPS) is 14.8. The minimum atomic E-state index is 0.0268. The number of phenols is 1. The van der Waals surface area contributed by atoms with Crippen molar-refractivity contribution in [2.45, 2.75) is 19.8 Å². The number of aromatic hydroxyl groups is 1. The molecular weight excluding hydrogens is 304 g/mol. The van der Waals surface area contributed by atoms with Gasteiger partial charge in [0.2, 0.25) is 0 Å². The number of hydrogen-bond donors (Lipinski definition) is 1. The molecule has 2 aromatic carbocycles. The van der Waals surface area contributed by atoms with Crippen molar-refractivity contribution in [3.8, 4) is 17.2 Å². The zero-order chi connectivity index (χ0) is 17.1. The average molecular weight is 324 g/mol. The number of hydrogen-bond acceptors (Lipinski definition) is 4. The molecule has 124 valence electrons. The first-order valence-corrected chi connectivity index (χ1v) is 8.01. The maximum Gasteiger partial charge on any atom is 0.189 e. The van der Waals surface area contributed by atoms with Crippen molar-refractivity contribution >= 4 is 11.9 Å². The van der Waals surface area contributed by atoms with E-state index in [4.69, 9.17) is 9.47 Å². The molecule has 0 atom stereocenters. The maximum absolute atomic E-state index is 12.6. The number of Topliss-reactive ketones (excluding diaryl/α,β-unsaturated/α-hetero) is 1. The molecule has 0 aliphatic heterocycles. The molecule has 24 heavy (non-hydrogen) atoms. The fourth-order valence-corrected chi connectivity index (χ4v) is 2.85. The monoisotopic (exact) mass is 324 g/mol. The molecule has 1 aliphatic rings. The van der Waals surface area contributed by atoms with Gasteiger partial charge in [0.05, 0.1) is 13.7 Å². The fourth-order valence-electron chi connectivity index (χ4n) is 2.85. The highest BCUT2D eigenvalue weighted by atomic mass is 16.5. The predicted molar refractivity (Wildman–Crippen MR) is 92.9 cm³/mol. The largest absolute Gasteiger partial charge is 0.504 e. The number of allylic oxidation sites excluding steroid dienone is 1. The maximum atomic E-state index is 12.6. The van der Waals surface area contributed by atoms with Crippen LogP contribution in [-0.2, 0) is 6.42 Å². The predicted octanol–water partition coefficient (Wildman–Crippen LogP) is 4.01. The van der Waals surface area contributed by atoms with Gasteiger partial charge in [-0.1, -0.05) is 25.1 Å². The Balaban J connectivity index is 1.93. The summed E-state index contributed by atoms with van der Waals surface area (Å²) in [4.78, 5) is 12.6. The highest BCUT2D eigenvalue weighted by Gasteiger charge is 2.27. The van der Waals surface area contributed by atoms with Gasteiger partial charge in [0.25, 0.3) is 0 Å². The molecule has 0 aromatic heterocycles. The van der Waals surface area contributed by atoms with Gasteiger partial charge in [0, 0.05) is 23.1 Å². The summed E-state index contributed by atoms with van der Waals surface area (Å²) in [5.74, 6) is 1.28. The van der Waals surface area contributed by atoms with Crippen molar-refractivity contribution in [1.29, 1.82) is 0 Å². The molecule has 0 saturated carbocycles. The molecule has 2 aromatic rings. The van der Waals surface area contributed by atoms with Gasteiger partial charge in [-0.25, -0.2) is 0 Å². The molecule has 4 nitrogen and oxygen atoms in total. The zero-order valence-electron chi connectivity index (χ0n) is 13.8. The van der Waals surface area contributed by atoms with E-state index in [1.165, 1.54) is 7.11 Å². The Hall–Kier alpha value is -2.75. The van der Waals surface area contributed by atoms with Crippen LogP contribution in [0.1, 0.15) is 34.8 Å². The molecule has 1 aliphatic carbocycles. The van der Waals surface area contributed by atoms with E-state index in [1.807, 2.05) is 24.3 Å². The summed E-state index contributed by atoms with van der Waals surface area (Å²) in [7, 11) is 1.50. The average Bonchev–Trinajstić information content (AvgIpc) is 2.91. The second-order valence-corrected chi connectivity index (χ2v) is 5.74. The third-order valence-corrected chi connectivity index (χ3v) is 4.04. The number of carbonyl (C=O) groups is 1. The van der Waals surface area contributed by atoms with E-state index in [0.29, 0.717) is 29.9 Å². The Morgan fingerprint density at radius 1 is 1.21 bits per heavy atom. The number of methoxy groups -OCH3 is 1. The highest BCUT2D eigenvalue weighted by Crippen LogP contribution is 2.35. The van der Waals surface area contributed by atoms with Gasteiger partial charge in [-0.15, -0.1) is 0 Å². The molecule has 3 rings (SSSR count). The van der Waals surface area contributed by atoms with Crippen molar-refractivity contribution in [2.24, 2.45) is 0 Å². The first-order valence-electron chi connectivity index (χ1n) is 8.01. The number of benzene rings is 2. The molecule has 0 bridgehead atoms. The lowest BCUT2D eigenvalue weighted by Gasteiger charge is -2.08. The quantitative estimate of drug-likeness (QED) is 0.844. The van der Waals surface area contributed by atoms with E-state index in [9.17, 15) is 9.90 Å². The number of rotatable bonds is 5. The highest BCUT2D eigenvalue weighted by molar-refractivity contribution is 6.16. The van der Waals surface area contributed by atoms with Gasteiger partial charge >= 0.3 is 0 Å². The second-order valence-electron chi connectivity index (χ2n) is 5.74. The third-order valence-electron chi connectivity index (χ3n) is 4.04. The summed E-state index contributed by atoms with van der Waals surface area (Å²) >= 11 is 0. The van der Waals surface area contributed by atoms with E-state index in [-0.39, 0.29) is 11.5 Å². The summed E-state index contributed by atoms with van der Waals surface area (Å²) in [6, 6.07) is 10.6. The summed E-state index contributed by atoms with van der Waals surface area (Å²) in [5.41, 5.74) is 3.19. The summed E-state index contributed by atoms with van der Waals surface area (Å²) < 4.78 is 10.9. The van der Waals surface area contributed by atoms with E-state index >= 15 is 0 Å².